The highest BCUT2D eigenvalue weighted by molar-refractivity contribution is 5.89. The number of carbonyl (C=O) groups is 2. The van der Waals surface area contributed by atoms with Gasteiger partial charge in [0.1, 0.15) is 12.4 Å². The standard InChI is InChI=1S/C24H33NO4.C4H4O4/c25-9-10-26-22-3-1-18(2-4-22)19-5-7-23(8-6-19)27-24(29-28-23)20-12-16-11-17(14-20)15-21(24)13-16;5-3(6)1-2-4(7)8/h1-4,16-17,19-21H,5-15,25H2;1-2H,(H,5,6)(H,7,8)/b;2-1-. The first kappa shape index (κ1) is 26.2. The zero-order chi connectivity index (χ0) is 26.0. The molecule has 1 heterocycles. The molecule has 1 aromatic carbocycles. The first-order valence-electron chi connectivity index (χ1n) is 13.4. The number of carboxylic acid groups (broad SMARTS) is 2. The summed E-state index contributed by atoms with van der Waals surface area (Å²) in [6.45, 7) is 1.10. The molecule has 6 fully saturated rings. The molecular formula is C28H37NO8. The van der Waals surface area contributed by atoms with Crippen molar-refractivity contribution < 1.29 is 39.1 Å². The van der Waals surface area contributed by atoms with Crippen molar-refractivity contribution in [3.05, 3.63) is 42.0 Å². The second-order valence-electron chi connectivity index (χ2n) is 11.2. The van der Waals surface area contributed by atoms with Crippen LogP contribution in [0.5, 0.6) is 5.75 Å². The Morgan fingerprint density at radius 1 is 0.919 bits per heavy atom. The molecule has 1 aromatic rings. The van der Waals surface area contributed by atoms with Crippen molar-refractivity contribution in [2.45, 2.75) is 75.3 Å². The number of benzene rings is 1. The lowest BCUT2D eigenvalue weighted by molar-refractivity contribution is -0.390. The summed E-state index contributed by atoms with van der Waals surface area (Å²) in [5, 5.41) is 15.6. The van der Waals surface area contributed by atoms with Crippen LogP contribution in [0.2, 0.25) is 0 Å². The van der Waals surface area contributed by atoms with Gasteiger partial charge in [0.25, 0.3) is 0 Å². The maximum absolute atomic E-state index is 9.55. The summed E-state index contributed by atoms with van der Waals surface area (Å²) in [5.74, 6) is 0.850. The van der Waals surface area contributed by atoms with Crippen LogP contribution in [-0.4, -0.2) is 46.9 Å². The normalized spacial score (nSPS) is 37.6. The predicted molar refractivity (Wildman–Crippen MR) is 132 cm³/mol. The molecule has 0 aromatic heterocycles. The molecular weight excluding hydrogens is 478 g/mol. The molecule has 9 heteroatoms. The van der Waals surface area contributed by atoms with Crippen molar-refractivity contribution in [2.24, 2.45) is 29.4 Å². The van der Waals surface area contributed by atoms with E-state index in [9.17, 15) is 9.59 Å². The van der Waals surface area contributed by atoms with Gasteiger partial charge in [0, 0.05) is 43.4 Å². The molecule has 6 aliphatic rings. The lowest BCUT2D eigenvalue weighted by Crippen LogP contribution is -2.59. The smallest absolute Gasteiger partial charge is 0.328 e. The van der Waals surface area contributed by atoms with Crippen molar-refractivity contribution in [3.8, 4) is 5.75 Å². The zero-order valence-electron chi connectivity index (χ0n) is 21.1. The fraction of sp³-hybridized carbons (Fsp3) is 0.643. The van der Waals surface area contributed by atoms with Gasteiger partial charge in [-0.05, 0) is 80.4 Å². The summed E-state index contributed by atoms with van der Waals surface area (Å²) in [7, 11) is 0. The van der Waals surface area contributed by atoms with Crippen molar-refractivity contribution in [1.82, 2.24) is 0 Å². The third kappa shape index (κ3) is 5.55. The molecule has 4 bridgehead atoms. The minimum atomic E-state index is -1.26. The van der Waals surface area contributed by atoms with Gasteiger partial charge in [0.2, 0.25) is 11.6 Å². The Labute approximate surface area is 216 Å². The van der Waals surface area contributed by atoms with Crippen LogP contribution in [0.1, 0.15) is 69.3 Å². The highest BCUT2D eigenvalue weighted by Gasteiger charge is 2.66. The number of rotatable bonds is 6. The summed E-state index contributed by atoms with van der Waals surface area (Å²) >= 11 is 0. The molecule has 202 valence electrons. The van der Waals surface area contributed by atoms with Crippen LogP contribution < -0.4 is 10.5 Å². The van der Waals surface area contributed by atoms with Crippen LogP contribution in [0.15, 0.2) is 36.4 Å². The molecule has 37 heavy (non-hydrogen) atoms. The van der Waals surface area contributed by atoms with E-state index in [4.69, 9.17) is 35.2 Å². The van der Waals surface area contributed by atoms with Gasteiger partial charge >= 0.3 is 11.9 Å². The van der Waals surface area contributed by atoms with Crippen molar-refractivity contribution in [1.29, 1.82) is 0 Å². The summed E-state index contributed by atoms with van der Waals surface area (Å²) in [6, 6.07) is 8.51. The summed E-state index contributed by atoms with van der Waals surface area (Å²) in [5.41, 5.74) is 6.89. The molecule has 9 nitrogen and oxygen atoms in total. The zero-order valence-corrected chi connectivity index (χ0v) is 21.1. The minimum Gasteiger partial charge on any atom is -0.492 e. The Morgan fingerprint density at radius 2 is 1.49 bits per heavy atom. The second-order valence-corrected chi connectivity index (χ2v) is 11.2. The SMILES string of the molecule is NCCOc1ccc(C2CCC3(CC2)OOC2(O3)C3CC4CC(C3)CC2C4)cc1.O=C(O)/C=C\C(=O)O. The fourth-order valence-corrected chi connectivity index (χ4v) is 7.34. The molecule has 5 aliphatic carbocycles. The van der Waals surface area contributed by atoms with Gasteiger partial charge < -0.3 is 25.4 Å². The molecule has 0 amide bonds. The van der Waals surface area contributed by atoms with E-state index >= 15 is 0 Å². The van der Waals surface area contributed by atoms with Gasteiger partial charge in [-0.25, -0.2) is 9.59 Å². The number of ether oxygens (including phenoxy) is 2. The molecule has 0 radical (unpaired) electrons. The Hall–Kier alpha value is -2.46. The van der Waals surface area contributed by atoms with E-state index in [1.807, 2.05) is 0 Å². The lowest BCUT2D eigenvalue weighted by Gasteiger charge is -2.57. The molecule has 5 saturated carbocycles. The molecule has 1 aliphatic heterocycles. The molecule has 2 spiro atoms. The first-order valence-corrected chi connectivity index (χ1v) is 13.4. The van der Waals surface area contributed by atoms with Gasteiger partial charge in [0.05, 0.1) is 0 Å². The van der Waals surface area contributed by atoms with E-state index in [1.165, 1.54) is 37.7 Å². The quantitative estimate of drug-likeness (QED) is 0.375. The van der Waals surface area contributed by atoms with E-state index in [0.717, 1.165) is 43.3 Å². The van der Waals surface area contributed by atoms with Crippen molar-refractivity contribution in [2.75, 3.05) is 13.2 Å². The number of carboxylic acids is 2. The molecule has 0 atom stereocenters. The van der Waals surface area contributed by atoms with Crippen molar-refractivity contribution in [3.63, 3.8) is 0 Å². The highest BCUT2D eigenvalue weighted by atomic mass is 17.3. The Kier molecular flexibility index (Phi) is 7.58. The maximum Gasteiger partial charge on any atom is 0.328 e. The predicted octanol–water partition coefficient (Wildman–Crippen LogP) is 4.22. The van der Waals surface area contributed by atoms with E-state index in [0.29, 0.717) is 43.1 Å². The average Bonchev–Trinajstić information content (AvgIpc) is 3.25. The van der Waals surface area contributed by atoms with Crippen molar-refractivity contribution >= 4 is 11.9 Å². The molecule has 4 N–H and O–H groups in total. The van der Waals surface area contributed by atoms with Gasteiger partial charge in [0.15, 0.2) is 0 Å². The highest BCUT2D eigenvalue weighted by Crippen LogP contribution is 2.64. The minimum absolute atomic E-state index is 0.442. The van der Waals surface area contributed by atoms with Gasteiger partial charge in [-0.1, -0.05) is 12.1 Å². The van der Waals surface area contributed by atoms with Gasteiger partial charge in [-0.3, -0.25) is 0 Å². The lowest BCUT2D eigenvalue weighted by atomic mass is 9.53. The topological polar surface area (TPSA) is 138 Å². The van der Waals surface area contributed by atoms with Crippen LogP contribution in [0.4, 0.5) is 0 Å². The van der Waals surface area contributed by atoms with Crippen LogP contribution in [0.25, 0.3) is 0 Å². The van der Waals surface area contributed by atoms with Crippen LogP contribution in [-0.2, 0) is 24.1 Å². The van der Waals surface area contributed by atoms with Crippen LogP contribution in [0, 0.1) is 23.7 Å². The van der Waals surface area contributed by atoms with Crippen LogP contribution >= 0.6 is 0 Å². The van der Waals surface area contributed by atoms with E-state index < -0.39 is 23.5 Å². The molecule has 7 rings (SSSR count). The Morgan fingerprint density at radius 3 is 2.00 bits per heavy atom. The summed E-state index contributed by atoms with van der Waals surface area (Å²) < 4.78 is 12.4. The number of aliphatic carboxylic acids is 2. The van der Waals surface area contributed by atoms with Gasteiger partial charge in [-0.15, -0.1) is 0 Å². The second kappa shape index (κ2) is 10.7. The molecule has 1 saturated heterocycles. The number of hydrogen-bond acceptors (Lipinski definition) is 7. The summed E-state index contributed by atoms with van der Waals surface area (Å²) in [4.78, 5) is 31.3. The largest absolute Gasteiger partial charge is 0.492 e. The average molecular weight is 516 g/mol. The molecule has 0 unspecified atom stereocenters. The van der Waals surface area contributed by atoms with E-state index in [2.05, 4.69) is 24.3 Å². The number of hydrogen-bond donors (Lipinski definition) is 3. The Balaban J connectivity index is 0.000000307. The third-order valence-electron chi connectivity index (χ3n) is 8.80. The Bertz CT molecular complexity index is 954. The maximum atomic E-state index is 9.55. The van der Waals surface area contributed by atoms with E-state index in [-0.39, 0.29) is 0 Å². The van der Waals surface area contributed by atoms with E-state index in [1.54, 1.807) is 0 Å². The third-order valence-corrected chi connectivity index (χ3v) is 8.80. The monoisotopic (exact) mass is 515 g/mol. The number of nitrogens with two attached hydrogens (primary N) is 1. The fourth-order valence-electron chi connectivity index (χ4n) is 7.34. The van der Waals surface area contributed by atoms with Gasteiger partial charge in [-0.2, -0.15) is 9.78 Å². The first-order chi connectivity index (χ1) is 17.8. The summed E-state index contributed by atoms with van der Waals surface area (Å²) in [6.07, 6.45) is 11.6. The van der Waals surface area contributed by atoms with Crippen LogP contribution in [0.3, 0.4) is 0 Å².